The summed E-state index contributed by atoms with van der Waals surface area (Å²) in [4.78, 5) is 22.3. The molecule has 0 aliphatic carbocycles. The zero-order valence-electron chi connectivity index (χ0n) is 18.3. The van der Waals surface area contributed by atoms with Crippen LogP contribution >= 0.6 is 15.9 Å². The van der Waals surface area contributed by atoms with Crippen molar-refractivity contribution in [3.8, 4) is 17.2 Å². The first-order valence-corrected chi connectivity index (χ1v) is 11.9. The van der Waals surface area contributed by atoms with Gasteiger partial charge in [0.05, 0.1) is 30.9 Å². The third-order valence-corrected chi connectivity index (χ3v) is 6.28. The van der Waals surface area contributed by atoms with Crippen molar-refractivity contribution >= 4 is 43.9 Å². The van der Waals surface area contributed by atoms with Gasteiger partial charge in [-0.1, -0.05) is 28.1 Å². The Bertz CT molecular complexity index is 1410. The molecule has 0 heterocycles. The number of nitrogens with zero attached hydrogens (tertiary/aromatic N) is 2. The number of hydrogen-bond donors (Lipinski definition) is 1. The van der Waals surface area contributed by atoms with Gasteiger partial charge in [0.25, 0.3) is 11.6 Å². The van der Waals surface area contributed by atoms with E-state index in [4.69, 9.17) is 13.7 Å². The molecule has 3 aromatic carbocycles. The quantitative estimate of drug-likeness (QED) is 0.178. The Labute approximate surface area is 208 Å². The van der Waals surface area contributed by atoms with Crippen LogP contribution in [0.2, 0.25) is 0 Å². The SMILES string of the molecule is COc1ccc(/C=N\NC(=O)c2cc(Br)ccc2OC)cc1OS(=O)(=O)c1ccccc1[N+](=O)[O-]. The minimum atomic E-state index is -4.57. The number of hydrazone groups is 1. The summed E-state index contributed by atoms with van der Waals surface area (Å²) in [6.45, 7) is 0. The van der Waals surface area contributed by atoms with Gasteiger partial charge >= 0.3 is 10.1 Å². The van der Waals surface area contributed by atoms with Gasteiger partial charge in [0.15, 0.2) is 16.4 Å². The number of benzene rings is 3. The molecule has 0 saturated carbocycles. The number of nitro groups is 1. The van der Waals surface area contributed by atoms with E-state index < -0.39 is 31.5 Å². The van der Waals surface area contributed by atoms with Crippen LogP contribution in [0, 0.1) is 10.1 Å². The molecule has 0 unspecified atom stereocenters. The van der Waals surface area contributed by atoms with Crippen molar-refractivity contribution in [2.75, 3.05) is 14.2 Å². The van der Waals surface area contributed by atoms with Crippen LogP contribution in [0.4, 0.5) is 5.69 Å². The van der Waals surface area contributed by atoms with Crippen LogP contribution in [0.5, 0.6) is 17.2 Å². The number of para-hydroxylation sites is 1. The number of hydrogen-bond acceptors (Lipinski definition) is 9. The molecular formula is C22H18BrN3O8S. The van der Waals surface area contributed by atoms with Crippen LogP contribution in [-0.4, -0.2) is 39.7 Å². The minimum Gasteiger partial charge on any atom is -0.496 e. The van der Waals surface area contributed by atoms with Crippen LogP contribution in [-0.2, 0) is 10.1 Å². The summed E-state index contributed by atoms with van der Waals surface area (Å²) in [5, 5.41) is 15.1. The predicted molar refractivity (Wildman–Crippen MR) is 130 cm³/mol. The number of amides is 1. The smallest absolute Gasteiger partial charge is 0.346 e. The highest BCUT2D eigenvalue weighted by molar-refractivity contribution is 9.10. The molecule has 0 aliphatic rings. The van der Waals surface area contributed by atoms with Crippen molar-refractivity contribution in [3.63, 3.8) is 0 Å². The molecule has 0 fully saturated rings. The molecule has 0 atom stereocenters. The number of nitro benzene ring substituents is 1. The van der Waals surface area contributed by atoms with Gasteiger partial charge in [0.1, 0.15) is 5.75 Å². The lowest BCUT2D eigenvalue weighted by Gasteiger charge is -2.11. The summed E-state index contributed by atoms with van der Waals surface area (Å²) in [6.07, 6.45) is 1.26. The molecule has 3 aromatic rings. The summed E-state index contributed by atoms with van der Waals surface area (Å²) in [6, 6.07) is 14.0. The maximum Gasteiger partial charge on any atom is 0.346 e. The molecule has 11 nitrogen and oxygen atoms in total. The predicted octanol–water partition coefficient (Wildman–Crippen LogP) is 3.91. The largest absolute Gasteiger partial charge is 0.496 e. The van der Waals surface area contributed by atoms with E-state index in [2.05, 4.69) is 26.5 Å². The van der Waals surface area contributed by atoms with Crippen LogP contribution < -0.4 is 19.1 Å². The summed E-state index contributed by atoms with van der Waals surface area (Å²) in [7, 11) is -1.84. The monoisotopic (exact) mass is 563 g/mol. The van der Waals surface area contributed by atoms with Crippen molar-refractivity contribution in [2.24, 2.45) is 5.10 Å². The second-order valence-corrected chi connectivity index (χ2v) is 9.15. The molecule has 13 heteroatoms. The highest BCUT2D eigenvalue weighted by Crippen LogP contribution is 2.32. The Morgan fingerprint density at radius 2 is 1.71 bits per heavy atom. The summed E-state index contributed by atoms with van der Waals surface area (Å²) >= 11 is 3.29. The summed E-state index contributed by atoms with van der Waals surface area (Å²) < 4.78 is 41.7. The fourth-order valence-electron chi connectivity index (χ4n) is 2.90. The fraction of sp³-hybridized carbons (Fsp3) is 0.0909. The molecule has 0 radical (unpaired) electrons. The Hall–Kier alpha value is -3.97. The minimum absolute atomic E-state index is 0.0622. The van der Waals surface area contributed by atoms with Crippen molar-refractivity contribution in [2.45, 2.75) is 4.90 Å². The Morgan fingerprint density at radius 3 is 2.40 bits per heavy atom. The number of rotatable bonds is 9. The maximum absolute atomic E-state index is 12.8. The molecule has 0 aromatic heterocycles. The number of carbonyl (C=O) groups excluding carboxylic acids is 1. The van der Waals surface area contributed by atoms with E-state index in [1.54, 1.807) is 24.3 Å². The molecule has 0 aliphatic heterocycles. The highest BCUT2D eigenvalue weighted by Gasteiger charge is 2.28. The lowest BCUT2D eigenvalue weighted by atomic mass is 10.2. The van der Waals surface area contributed by atoms with E-state index in [-0.39, 0.29) is 17.1 Å². The van der Waals surface area contributed by atoms with Gasteiger partial charge in [-0.05, 0) is 48.0 Å². The molecular weight excluding hydrogens is 546 g/mol. The third kappa shape index (κ3) is 6.13. The second kappa shape index (κ2) is 11.0. The standard InChI is InChI=1S/C22H18BrN3O8S/c1-32-18-10-8-15(23)12-16(18)22(27)25-24-13-14-7-9-19(33-2)20(11-14)34-35(30,31)21-6-4-3-5-17(21)26(28)29/h3-13H,1-2H3,(H,25,27)/b24-13-. The van der Waals surface area contributed by atoms with Gasteiger partial charge in [-0.3, -0.25) is 14.9 Å². The summed E-state index contributed by atoms with van der Waals surface area (Å²) in [5.74, 6) is -0.355. The van der Waals surface area contributed by atoms with Gasteiger partial charge in [0.2, 0.25) is 0 Å². The average molecular weight is 564 g/mol. The van der Waals surface area contributed by atoms with Gasteiger partial charge in [0, 0.05) is 10.5 Å². The van der Waals surface area contributed by atoms with Crippen molar-refractivity contribution in [1.29, 1.82) is 0 Å². The van der Waals surface area contributed by atoms with E-state index in [0.29, 0.717) is 15.8 Å². The number of halogens is 1. The third-order valence-electron chi connectivity index (χ3n) is 4.50. The normalized spacial score (nSPS) is 11.2. The number of carbonyl (C=O) groups is 1. The van der Waals surface area contributed by atoms with Crippen LogP contribution in [0.15, 0.2) is 75.1 Å². The molecule has 1 amide bonds. The van der Waals surface area contributed by atoms with Crippen LogP contribution in [0.3, 0.4) is 0 Å². The molecule has 35 heavy (non-hydrogen) atoms. The zero-order chi connectivity index (χ0) is 25.6. The molecule has 0 bridgehead atoms. The number of ether oxygens (including phenoxy) is 2. The van der Waals surface area contributed by atoms with Crippen molar-refractivity contribution in [1.82, 2.24) is 5.43 Å². The van der Waals surface area contributed by atoms with Crippen LogP contribution in [0.25, 0.3) is 0 Å². The van der Waals surface area contributed by atoms with Crippen molar-refractivity contribution < 1.29 is 31.8 Å². The first-order chi connectivity index (χ1) is 16.7. The lowest BCUT2D eigenvalue weighted by molar-refractivity contribution is -0.387. The van der Waals surface area contributed by atoms with Crippen molar-refractivity contribution in [3.05, 3.63) is 86.4 Å². The zero-order valence-corrected chi connectivity index (χ0v) is 20.7. The molecule has 0 saturated heterocycles. The molecule has 1 N–H and O–H groups in total. The Balaban J connectivity index is 1.84. The first-order valence-electron chi connectivity index (χ1n) is 9.69. The Morgan fingerprint density at radius 1 is 1.03 bits per heavy atom. The first kappa shape index (κ1) is 25.6. The van der Waals surface area contributed by atoms with Gasteiger partial charge < -0.3 is 13.7 Å². The van der Waals surface area contributed by atoms with Gasteiger partial charge in [-0.15, -0.1) is 0 Å². The number of nitrogens with one attached hydrogen (secondary N) is 1. The summed E-state index contributed by atoms with van der Waals surface area (Å²) in [5.41, 5.74) is 2.32. The van der Waals surface area contributed by atoms with E-state index in [9.17, 15) is 23.3 Å². The fourth-order valence-corrected chi connectivity index (χ4v) is 4.37. The second-order valence-electron chi connectivity index (χ2n) is 6.72. The van der Waals surface area contributed by atoms with Gasteiger partial charge in [-0.25, -0.2) is 5.43 Å². The highest BCUT2D eigenvalue weighted by atomic mass is 79.9. The van der Waals surface area contributed by atoms with Crippen LogP contribution in [0.1, 0.15) is 15.9 Å². The Kier molecular flexibility index (Phi) is 8.04. The maximum atomic E-state index is 12.8. The van der Waals surface area contributed by atoms with Gasteiger partial charge in [-0.2, -0.15) is 13.5 Å². The average Bonchev–Trinajstić information content (AvgIpc) is 2.84. The molecule has 0 spiro atoms. The van der Waals surface area contributed by atoms with E-state index in [1.807, 2.05) is 0 Å². The van der Waals surface area contributed by atoms with E-state index in [0.717, 1.165) is 12.1 Å². The lowest BCUT2D eigenvalue weighted by Crippen LogP contribution is -2.18. The topological polar surface area (TPSA) is 146 Å². The molecule has 3 rings (SSSR count). The van der Waals surface area contributed by atoms with E-state index >= 15 is 0 Å². The number of methoxy groups -OCH3 is 2. The van der Waals surface area contributed by atoms with E-state index in [1.165, 1.54) is 44.7 Å². The molecule has 182 valence electrons.